The van der Waals surface area contributed by atoms with Crippen molar-refractivity contribution in [3.63, 3.8) is 0 Å². The van der Waals surface area contributed by atoms with Crippen LogP contribution in [0.3, 0.4) is 0 Å². The summed E-state index contributed by atoms with van der Waals surface area (Å²) < 4.78 is 37.4. The molecule has 0 fully saturated rings. The third-order valence-electron chi connectivity index (χ3n) is 3.06. The molecule has 2 aromatic rings. The fraction of sp³-hybridized carbons (Fsp3) is 0.188. The highest BCUT2D eigenvalue weighted by atomic mass is 19.4. The minimum absolute atomic E-state index is 0.447. The van der Waals surface area contributed by atoms with E-state index in [-0.39, 0.29) is 0 Å². The number of benzene rings is 2. The van der Waals surface area contributed by atoms with E-state index in [0.717, 1.165) is 28.8 Å². The number of aryl methyl sites for hydroxylation is 1. The normalized spacial score (nSPS) is 11.2. The van der Waals surface area contributed by atoms with Crippen molar-refractivity contribution in [1.82, 2.24) is 0 Å². The number of hydrogen-bond donors (Lipinski definition) is 0. The van der Waals surface area contributed by atoms with Crippen LogP contribution in [0.5, 0.6) is 0 Å². The molecule has 0 unspecified atom stereocenters. The van der Waals surface area contributed by atoms with E-state index in [0.29, 0.717) is 12.0 Å². The molecule has 0 spiro atoms. The standard InChI is InChI=1S/C16H12F3N/c1-11-2-5-13(10-20)14(8-11)9-12-3-6-15(7-4-12)16(17,18)19/h2-8H,9H2,1H3. The number of alkyl halides is 3. The van der Waals surface area contributed by atoms with Gasteiger partial charge in [-0.05, 0) is 42.7 Å². The Bertz CT molecular complexity index is 649. The fourth-order valence-corrected chi connectivity index (χ4v) is 2.01. The molecule has 0 saturated heterocycles. The molecule has 0 amide bonds. The Morgan fingerprint density at radius 2 is 1.70 bits per heavy atom. The molecule has 2 aromatic carbocycles. The van der Waals surface area contributed by atoms with Crippen LogP contribution in [0.15, 0.2) is 42.5 Å². The predicted octanol–water partition coefficient (Wildman–Crippen LogP) is 4.48. The quantitative estimate of drug-likeness (QED) is 0.793. The first-order valence-electron chi connectivity index (χ1n) is 6.06. The van der Waals surface area contributed by atoms with Crippen LogP contribution in [-0.4, -0.2) is 0 Å². The number of hydrogen-bond acceptors (Lipinski definition) is 1. The van der Waals surface area contributed by atoms with Crippen molar-refractivity contribution in [2.45, 2.75) is 19.5 Å². The van der Waals surface area contributed by atoms with Crippen LogP contribution >= 0.6 is 0 Å². The maximum absolute atomic E-state index is 12.5. The third-order valence-corrected chi connectivity index (χ3v) is 3.06. The van der Waals surface area contributed by atoms with Gasteiger partial charge in [-0.25, -0.2) is 0 Å². The van der Waals surface area contributed by atoms with Crippen molar-refractivity contribution in [3.8, 4) is 6.07 Å². The lowest BCUT2D eigenvalue weighted by Gasteiger charge is -2.09. The van der Waals surface area contributed by atoms with Crippen LogP contribution in [0.1, 0.15) is 27.8 Å². The maximum atomic E-state index is 12.5. The van der Waals surface area contributed by atoms with Crippen molar-refractivity contribution < 1.29 is 13.2 Å². The van der Waals surface area contributed by atoms with E-state index in [9.17, 15) is 13.2 Å². The monoisotopic (exact) mass is 275 g/mol. The first-order chi connectivity index (χ1) is 9.40. The molecular weight excluding hydrogens is 263 g/mol. The SMILES string of the molecule is Cc1ccc(C#N)c(Cc2ccc(C(F)(F)F)cc2)c1. The lowest BCUT2D eigenvalue weighted by molar-refractivity contribution is -0.137. The molecule has 0 aliphatic heterocycles. The van der Waals surface area contributed by atoms with E-state index in [1.54, 1.807) is 6.07 Å². The topological polar surface area (TPSA) is 23.8 Å². The highest BCUT2D eigenvalue weighted by molar-refractivity contribution is 5.43. The van der Waals surface area contributed by atoms with Crippen LogP contribution in [0.4, 0.5) is 13.2 Å². The highest BCUT2D eigenvalue weighted by Crippen LogP contribution is 2.29. The smallest absolute Gasteiger partial charge is 0.192 e. The van der Waals surface area contributed by atoms with E-state index in [1.165, 1.54) is 12.1 Å². The van der Waals surface area contributed by atoms with Gasteiger partial charge in [-0.15, -0.1) is 0 Å². The summed E-state index contributed by atoms with van der Waals surface area (Å²) in [6.45, 7) is 1.91. The van der Waals surface area contributed by atoms with Gasteiger partial charge in [0.15, 0.2) is 0 Å². The molecule has 102 valence electrons. The summed E-state index contributed by atoms with van der Waals surface area (Å²) >= 11 is 0. The molecule has 0 radical (unpaired) electrons. The van der Waals surface area contributed by atoms with Crippen molar-refractivity contribution in [1.29, 1.82) is 5.26 Å². The molecule has 0 aliphatic carbocycles. The summed E-state index contributed by atoms with van der Waals surface area (Å²) in [6, 6.07) is 12.6. The molecule has 20 heavy (non-hydrogen) atoms. The molecule has 1 nitrogen and oxygen atoms in total. The van der Waals surface area contributed by atoms with Gasteiger partial charge >= 0.3 is 6.18 Å². The molecular formula is C16H12F3N. The van der Waals surface area contributed by atoms with E-state index in [1.807, 2.05) is 19.1 Å². The third kappa shape index (κ3) is 3.18. The number of halogens is 3. The summed E-state index contributed by atoms with van der Waals surface area (Å²) in [5.41, 5.74) is 2.49. The van der Waals surface area contributed by atoms with E-state index < -0.39 is 11.7 Å². The minimum Gasteiger partial charge on any atom is -0.192 e. The second-order valence-electron chi connectivity index (χ2n) is 4.64. The summed E-state index contributed by atoms with van der Waals surface area (Å²) in [4.78, 5) is 0. The van der Waals surface area contributed by atoms with Gasteiger partial charge in [0.1, 0.15) is 0 Å². The molecule has 0 N–H and O–H groups in total. The van der Waals surface area contributed by atoms with Gasteiger partial charge in [0.25, 0.3) is 0 Å². The van der Waals surface area contributed by atoms with Gasteiger partial charge in [0, 0.05) is 0 Å². The maximum Gasteiger partial charge on any atom is 0.416 e. The first-order valence-corrected chi connectivity index (χ1v) is 6.06. The Labute approximate surface area is 115 Å². The van der Waals surface area contributed by atoms with Crippen LogP contribution in [0, 0.1) is 18.3 Å². The van der Waals surface area contributed by atoms with Crippen LogP contribution < -0.4 is 0 Å². The zero-order valence-electron chi connectivity index (χ0n) is 10.8. The van der Waals surface area contributed by atoms with E-state index in [4.69, 9.17) is 5.26 Å². The van der Waals surface area contributed by atoms with Crippen molar-refractivity contribution in [2.75, 3.05) is 0 Å². The van der Waals surface area contributed by atoms with Crippen molar-refractivity contribution in [3.05, 3.63) is 70.3 Å². The summed E-state index contributed by atoms with van der Waals surface area (Å²) in [5, 5.41) is 9.04. The zero-order valence-corrected chi connectivity index (χ0v) is 10.8. The molecule has 0 saturated carbocycles. The fourth-order valence-electron chi connectivity index (χ4n) is 2.01. The summed E-state index contributed by atoms with van der Waals surface area (Å²) in [6.07, 6.45) is -3.87. The van der Waals surface area contributed by atoms with Gasteiger partial charge in [-0.2, -0.15) is 18.4 Å². The molecule has 0 heterocycles. The Hall–Kier alpha value is -2.28. The molecule has 0 atom stereocenters. The molecule has 4 heteroatoms. The Morgan fingerprint density at radius 1 is 1.05 bits per heavy atom. The van der Waals surface area contributed by atoms with Crippen LogP contribution in [0.2, 0.25) is 0 Å². The van der Waals surface area contributed by atoms with E-state index in [2.05, 4.69) is 6.07 Å². The Morgan fingerprint density at radius 3 is 2.25 bits per heavy atom. The average Bonchev–Trinajstić information content (AvgIpc) is 2.38. The average molecular weight is 275 g/mol. The summed E-state index contributed by atoms with van der Waals surface area (Å²) in [7, 11) is 0. The van der Waals surface area contributed by atoms with Crippen molar-refractivity contribution in [2.24, 2.45) is 0 Å². The highest BCUT2D eigenvalue weighted by Gasteiger charge is 2.29. The Kier molecular flexibility index (Phi) is 3.80. The number of rotatable bonds is 2. The zero-order chi connectivity index (χ0) is 14.8. The second kappa shape index (κ2) is 5.38. The Balaban J connectivity index is 2.27. The molecule has 0 aromatic heterocycles. The minimum atomic E-state index is -4.32. The molecule has 2 rings (SSSR count). The summed E-state index contributed by atoms with van der Waals surface area (Å²) in [5.74, 6) is 0. The van der Waals surface area contributed by atoms with Crippen LogP contribution in [0.25, 0.3) is 0 Å². The lowest BCUT2D eigenvalue weighted by Crippen LogP contribution is -2.04. The van der Waals surface area contributed by atoms with Crippen molar-refractivity contribution >= 4 is 0 Å². The van der Waals surface area contributed by atoms with E-state index >= 15 is 0 Å². The van der Waals surface area contributed by atoms with Gasteiger partial charge in [-0.3, -0.25) is 0 Å². The number of nitrogens with zero attached hydrogens (tertiary/aromatic N) is 1. The molecule has 0 bridgehead atoms. The van der Waals surface area contributed by atoms with Gasteiger partial charge in [0.05, 0.1) is 17.2 Å². The number of nitriles is 1. The molecule has 0 aliphatic rings. The predicted molar refractivity (Wildman–Crippen MR) is 70.1 cm³/mol. The lowest BCUT2D eigenvalue weighted by atomic mass is 9.98. The largest absolute Gasteiger partial charge is 0.416 e. The van der Waals surface area contributed by atoms with Gasteiger partial charge in [-0.1, -0.05) is 29.8 Å². The van der Waals surface area contributed by atoms with Gasteiger partial charge in [0.2, 0.25) is 0 Å². The second-order valence-corrected chi connectivity index (χ2v) is 4.64. The first kappa shape index (κ1) is 14.1. The van der Waals surface area contributed by atoms with Crippen LogP contribution in [-0.2, 0) is 12.6 Å². The van der Waals surface area contributed by atoms with Gasteiger partial charge < -0.3 is 0 Å².